The third-order valence-corrected chi connectivity index (χ3v) is 4.04. The maximum atomic E-state index is 12.9. The summed E-state index contributed by atoms with van der Waals surface area (Å²) in [6.07, 6.45) is 4.12. The molecule has 0 saturated heterocycles. The number of hydrogen-bond donors (Lipinski definition) is 1. The highest BCUT2D eigenvalue weighted by atomic mass is 16.3. The van der Waals surface area contributed by atoms with Gasteiger partial charge in [-0.05, 0) is 36.1 Å². The Bertz CT molecular complexity index is 712. The highest BCUT2D eigenvalue weighted by Crippen LogP contribution is 2.25. The van der Waals surface area contributed by atoms with Crippen molar-refractivity contribution in [2.45, 2.75) is 25.3 Å². The van der Waals surface area contributed by atoms with Gasteiger partial charge in [-0.2, -0.15) is 0 Å². The summed E-state index contributed by atoms with van der Waals surface area (Å²) in [4.78, 5) is 12.9. The molecule has 0 radical (unpaired) electrons. The first-order valence-electron chi connectivity index (χ1n) is 8.15. The molecule has 1 amide bonds. The molecule has 122 valence electrons. The van der Waals surface area contributed by atoms with Crippen LogP contribution in [0.25, 0.3) is 0 Å². The van der Waals surface area contributed by atoms with Crippen LogP contribution < -0.4 is 5.32 Å². The van der Waals surface area contributed by atoms with Crippen LogP contribution in [0.3, 0.4) is 0 Å². The zero-order valence-electron chi connectivity index (χ0n) is 13.7. The first-order valence-corrected chi connectivity index (χ1v) is 8.15. The summed E-state index contributed by atoms with van der Waals surface area (Å²) in [5.41, 5.74) is 3.08. The van der Waals surface area contributed by atoms with Crippen molar-refractivity contribution in [1.82, 2.24) is 5.32 Å². The number of amides is 1. The Hall–Kier alpha value is -2.81. The van der Waals surface area contributed by atoms with E-state index in [1.165, 1.54) is 0 Å². The van der Waals surface area contributed by atoms with Gasteiger partial charge in [0.1, 0.15) is 0 Å². The summed E-state index contributed by atoms with van der Waals surface area (Å²) >= 11 is 0. The molecule has 0 fully saturated rings. The maximum Gasteiger partial charge on any atom is 0.232 e. The molecule has 0 aliphatic carbocycles. The lowest BCUT2D eigenvalue weighted by Crippen LogP contribution is -2.37. The minimum atomic E-state index is -0.306. The summed E-state index contributed by atoms with van der Waals surface area (Å²) in [6, 6.07) is 21.7. The van der Waals surface area contributed by atoms with E-state index in [0.717, 1.165) is 23.1 Å². The number of benzene rings is 2. The van der Waals surface area contributed by atoms with E-state index < -0.39 is 0 Å². The van der Waals surface area contributed by atoms with E-state index >= 15 is 0 Å². The number of hydrogen-bond acceptors (Lipinski definition) is 2. The highest BCUT2D eigenvalue weighted by Gasteiger charge is 2.23. The van der Waals surface area contributed by atoms with Crippen molar-refractivity contribution in [3.05, 3.63) is 95.9 Å². The van der Waals surface area contributed by atoms with Crippen molar-refractivity contribution in [1.29, 1.82) is 0 Å². The molecule has 3 aromatic rings. The molecule has 0 spiro atoms. The fourth-order valence-electron chi connectivity index (χ4n) is 2.93. The van der Waals surface area contributed by atoms with Gasteiger partial charge in [-0.3, -0.25) is 4.79 Å². The van der Waals surface area contributed by atoms with Gasteiger partial charge in [0.15, 0.2) is 0 Å². The Morgan fingerprint density at radius 2 is 1.54 bits per heavy atom. The molecule has 3 heteroatoms. The van der Waals surface area contributed by atoms with Gasteiger partial charge >= 0.3 is 0 Å². The van der Waals surface area contributed by atoms with E-state index in [1.54, 1.807) is 12.5 Å². The van der Waals surface area contributed by atoms with Gasteiger partial charge in [-0.1, -0.05) is 60.7 Å². The second-order valence-corrected chi connectivity index (χ2v) is 6.00. The number of carbonyl (C=O) groups is 1. The summed E-state index contributed by atoms with van der Waals surface area (Å²) in [5, 5.41) is 3.13. The van der Waals surface area contributed by atoms with Crippen LogP contribution in [0.5, 0.6) is 0 Å². The normalized spacial score (nSPS) is 12.1. The molecular weight excluding hydrogens is 298 g/mol. The van der Waals surface area contributed by atoms with Gasteiger partial charge in [-0.25, -0.2) is 0 Å². The Balaban J connectivity index is 1.79. The molecule has 24 heavy (non-hydrogen) atoms. The zero-order chi connectivity index (χ0) is 16.8. The van der Waals surface area contributed by atoms with E-state index in [9.17, 15) is 4.79 Å². The third kappa shape index (κ3) is 3.93. The highest BCUT2D eigenvalue weighted by molar-refractivity contribution is 5.87. The van der Waals surface area contributed by atoms with E-state index in [1.807, 2.05) is 73.7 Å². The molecular formula is C21H21NO2. The molecule has 0 aliphatic rings. The molecule has 0 unspecified atom stereocenters. The van der Waals surface area contributed by atoms with Crippen molar-refractivity contribution < 1.29 is 9.21 Å². The molecule has 2 aromatic carbocycles. The van der Waals surface area contributed by atoms with Crippen molar-refractivity contribution in [2.75, 3.05) is 0 Å². The molecule has 1 N–H and O–H groups in total. The average Bonchev–Trinajstić information content (AvgIpc) is 3.10. The van der Waals surface area contributed by atoms with Crippen LogP contribution >= 0.6 is 0 Å². The molecule has 0 aliphatic heterocycles. The molecule has 3 nitrogen and oxygen atoms in total. The Morgan fingerprint density at radius 1 is 0.958 bits per heavy atom. The molecule has 1 atom stereocenters. The summed E-state index contributed by atoms with van der Waals surface area (Å²) in [6.45, 7) is 2.01. The largest absolute Gasteiger partial charge is 0.472 e. The van der Waals surface area contributed by atoms with E-state index in [-0.39, 0.29) is 17.9 Å². The SMILES string of the molecule is C[C@H](Cc1ccoc1)NC(=O)C(c1ccccc1)c1ccccc1. The summed E-state index contributed by atoms with van der Waals surface area (Å²) in [5.74, 6) is -0.289. The average molecular weight is 319 g/mol. The first-order chi connectivity index (χ1) is 11.7. The van der Waals surface area contributed by atoms with Crippen molar-refractivity contribution in [3.63, 3.8) is 0 Å². The summed E-state index contributed by atoms with van der Waals surface area (Å²) < 4.78 is 5.09. The number of furan rings is 1. The fourth-order valence-corrected chi connectivity index (χ4v) is 2.93. The van der Waals surface area contributed by atoms with Crippen LogP contribution in [0.2, 0.25) is 0 Å². The Labute approximate surface area is 142 Å². The Morgan fingerprint density at radius 3 is 2.04 bits per heavy atom. The van der Waals surface area contributed by atoms with Crippen LogP contribution in [0.1, 0.15) is 29.5 Å². The predicted molar refractivity (Wildman–Crippen MR) is 94.7 cm³/mol. The molecule has 1 heterocycles. The van der Waals surface area contributed by atoms with Crippen molar-refractivity contribution in [2.24, 2.45) is 0 Å². The predicted octanol–water partition coefficient (Wildman–Crippen LogP) is 4.16. The van der Waals surface area contributed by atoms with Gasteiger partial charge in [0.05, 0.1) is 18.4 Å². The van der Waals surface area contributed by atoms with Crippen LogP contribution in [-0.4, -0.2) is 11.9 Å². The Kier molecular flexibility index (Phi) is 5.12. The third-order valence-electron chi connectivity index (χ3n) is 4.04. The lowest BCUT2D eigenvalue weighted by Gasteiger charge is -2.21. The first kappa shape index (κ1) is 16.1. The maximum absolute atomic E-state index is 12.9. The second kappa shape index (κ2) is 7.64. The van der Waals surface area contributed by atoms with Gasteiger partial charge in [0.2, 0.25) is 5.91 Å². The minimum Gasteiger partial charge on any atom is -0.472 e. The molecule has 3 rings (SSSR count). The van der Waals surface area contributed by atoms with Gasteiger partial charge in [0.25, 0.3) is 0 Å². The number of nitrogens with one attached hydrogen (secondary N) is 1. The van der Waals surface area contributed by atoms with Gasteiger partial charge in [0, 0.05) is 6.04 Å². The minimum absolute atomic E-state index is 0.0170. The lowest BCUT2D eigenvalue weighted by atomic mass is 9.90. The van der Waals surface area contributed by atoms with Gasteiger partial charge < -0.3 is 9.73 Å². The molecule has 0 bridgehead atoms. The smallest absolute Gasteiger partial charge is 0.232 e. The van der Waals surface area contributed by atoms with Gasteiger partial charge in [-0.15, -0.1) is 0 Å². The van der Waals surface area contributed by atoms with Crippen molar-refractivity contribution in [3.8, 4) is 0 Å². The monoisotopic (exact) mass is 319 g/mol. The number of carbonyl (C=O) groups excluding carboxylic acids is 1. The molecule has 1 aromatic heterocycles. The van der Waals surface area contributed by atoms with E-state index in [0.29, 0.717) is 0 Å². The lowest BCUT2D eigenvalue weighted by molar-refractivity contribution is -0.122. The second-order valence-electron chi connectivity index (χ2n) is 6.00. The summed E-state index contributed by atoms with van der Waals surface area (Å²) in [7, 11) is 0. The molecule has 0 saturated carbocycles. The van der Waals surface area contributed by atoms with E-state index in [2.05, 4.69) is 5.32 Å². The topological polar surface area (TPSA) is 42.2 Å². The van der Waals surface area contributed by atoms with Crippen LogP contribution in [0, 0.1) is 0 Å². The zero-order valence-corrected chi connectivity index (χ0v) is 13.7. The fraction of sp³-hybridized carbons (Fsp3) is 0.190. The number of rotatable bonds is 6. The van der Waals surface area contributed by atoms with Crippen LogP contribution in [0.4, 0.5) is 0 Å². The standard InChI is InChI=1S/C21H21NO2/c1-16(14-17-12-13-24-15-17)22-21(23)20(18-8-4-2-5-9-18)19-10-6-3-7-11-19/h2-13,15-16,20H,14H2,1H3,(H,22,23)/t16-/m1/s1. The quantitative estimate of drug-likeness (QED) is 0.741. The van der Waals surface area contributed by atoms with Crippen molar-refractivity contribution >= 4 is 5.91 Å². The van der Waals surface area contributed by atoms with Crippen LogP contribution in [0.15, 0.2) is 83.7 Å². The van der Waals surface area contributed by atoms with Crippen LogP contribution in [-0.2, 0) is 11.2 Å². The van der Waals surface area contributed by atoms with E-state index in [4.69, 9.17) is 4.42 Å².